The van der Waals surface area contributed by atoms with Crippen molar-refractivity contribution in [1.29, 1.82) is 0 Å². The molecule has 5 heteroatoms. The van der Waals surface area contributed by atoms with Crippen LogP contribution in [0.4, 0.5) is 0 Å². The highest BCUT2D eigenvalue weighted by molar-refractivity contribution is 6.08. The van der Waals surface area contributed by atoms with Crippen LogP contribution < -0.4 is 4.74 Å². The van der Waals surface area contributed by atoms with Gasteiger partial charge in [0.05, 0.1) is 7.11 Å². The number of methoxy groups -OCH3 is 1. The molecule has 0 radical (unpaired) electrons. The fourth-order valence-corrected chi connectivity index (χ4v) is 2.26. The van der Waals surface area contributed by atoms with E-state index < -0.39 is 5.97 Å². The van der Waals surface area contributed by atoms with Gasteiger partial charge in [-0.2, -0.15) is 0 Å². The Kier molecular flexibility index (Phi) is 5.95. The van der Waals surface area contributed by atoms with Gasteiger partial charge in [0, 0.05) is 0 Å². The zero-order chi connectivity index (χ0) is 17.5. The van der Waals surface area contributed by atoms with Gasteiger partial charge in [-0.05, 0) is 37.5 Å². The van der Waals surface area contributed by atoms with Crippen LogP contribution in [0.25, 0.3) is 0 Å². The Bertz CT molecular complexity index is 712. The number of hydrogen-bond acceptors (Lipinski definition) is 5. The predicted molar refractivity (Wildman–Crippen MR) is 90.1 cm³/mol. The van der Waals surface area contributed by atoms with Crippen LogP contribution in [-0.4, -0.2) is 30.6 Å². The van der Waals surface area contributed by atoms with E-state index in [-0.39, 0.29) is 35.4 Å². The summed E-state index contributed by atoms with van der Waals surface area (Å²) < 4.78 is 9.78. The number of ketones is 1. The summed E-state index contributed by atoms with van der Waals surface area (Å²) in [4.78, 5) is 23.6. The summed E-state index contributed by atoms with van der Waals surface area (Å²) >= 11 is 0. The fourth-order valence-electron chi connectivity index (χ4n) is 2.26. The Hall–Kier alpha value is -2.82. The second-order valence-corrected chi connectivity index (χ2v) is 5.45. The van der Waals surface area contributed by atoms with Crippen LogP contribution in [0.5, 0.6) is 11.5 Å². The van der Waals surface area contributed by atoms with Gasteiger partial charge in [0.15, 0.2) is 12.4 Å². The Morgan fingerprint density at radius 3 is 2.83 bits per heavy atom. The van der Waals surface area contributed by atoms with Gasteiger partial charge in [0.1, 0.15) is 17.1 Å². The van der Waals surface area contributed by atoms with Crippen LogP contribution in [0.1, 0.15) is 23.7 Å². The topological polar surface area (TPSA) is 72.8 Å². The fraction of sp³-hybridized carbons (Fsp3) is 0.263. The lowest BCUT2D eigenvalue weighted by Gasteiger charge is -2.11. The van der Waals surface area contributed by atoms with Gasteiger partial charge in [0.2, 0.25) is 0 Å². The predicted octanol–water partition coefficient (Wildman–Crippen LogP) is 3.21. The molecule has 0 aromatic heterocycles. The first-order valence-electron chi connectivity index (χ1n) is 7.60. The molecule has 1 aromatic rings. The number of aromatic hydroxyl groups is 1. The first-order chi connectivity index (χ1) is 11.5. The normalized spacial score (nSPS) is 16.8. The summed E-state index contributed by atoms with van der Waals surface area (Å²) in [5.41, 5.74) is 1.23. The third-order valence-electron chi connectivity index (χ3n) is 3.64. The highest BCUT2D eigenvalue weighted by atomic mass is 16.6. The van der Waals surface area contributed by atoms with E-state index in [1.54, 1.807) is 12.1 Å². The van der Waals surface area contributed by atoms with E-state index in [0.717, 1.165) is 6.42 Å². The minimum Gasteiger partial charge on any atom is -0.507 e. The molecule has 0 saturated carbocycles. The summed E-state index contributed by atoms with van der Waals surface area (Å²) in [5.74, 6) is -0.857. The zero-order valence-corrected chi connectivity index (χ0v) is 13.7. The lowest BCUT2D eigenvalue weighted by molar-refractivity contribution is -0.142. The van der Waals surface area contributed by atoms with Gasteiger partial charge >= 0.3 is 5.97 Å². The number of benzene rings is 1. The average molecular weight is 328 g/mol. The molecular weight excluding hydrogens is 308 g/mol. The number of esters is 1. The van der Waals surface area contributed by atoms with E-state index in [4.69, 9.17) is 4.74 Å². The molecule has 2 rings (SSSR count). The highest BCUT2D eigenvalue weighted by Gasteiger charge is 2.17. The minimum atomic E-state index is -0.568. The molecule has 1 atom stereocenters. The van der Waals surface area contributed by atoms with Crippen molar-refractivity contribution in [2.45, 2.75) is 13.3 Å². The molecule has 1 unspecified atom stereocenters. The lowest BCUT2D eigenvalue weighted by atomic mass is 9.96. The molecule has 0 spiro atoms. The number of rotatable bonds is 6. The van der Waals surface area contributed by atoms with Crippen LogP contribution in [0.15, 0.2) is 54.2 Å². The first kappa shape index (κ1) is 17.5. The Morgan fingerprint density at radius 2 is 2.17 bits per heavy atom. The Balaban J connectivity index is 2.13. The van der Waals surface area contributed by atoms with Crippen molar-refractivity contribution in [2.24, 2.45) is 5.92 Å². The minimum absolute atomic E-state index is 0.0316. The van der Waals surface area contributed by atoms with Crippen molar-refractivity contribution < 1.29 is 24.2 Å². The molecule has 0 heterocycles. The van der Waals surface area contributed by atoms with Crippen molar-refractivity contribution >= 4 is 11.8 Å². The molecular formula is C19H20O5. The third-order valence-corrected chi connectivity index (χ3v) is 3.64. The molecule has 0 bridgehead atoms. The van der Waals surface area contributed by atoms with Crippen molar-refractivity contribution in [1.82, 2.24) is 0 Å². The number of phenols is 1. The lowest BCUT2D eigenvalue weighted by Crippen LogP contribution is -2.14. The molecule has 0 saturated heterocycles. The van der Waals surface area contributed by atoms with Crippen molar-refractivity contribution in [3.8, 4) is 11.5 Å². The van der Waals surface area contributed by atoms with E-state index in [1.807, 2.05) is 19.1 Å². The molecule has 0 amide bonds. The van der Waals surface area contributed by atoms with E-state index in [1.165, 1.54) is 30.9 Å². The summed E-state index contributed by atoms with van der Waals surface area (Å²) in [5, 5.41) is 9.98. The second kappa shape index (κ2) is 8.15. The van der Waals surface area contributed by atoms with Crippen LogP contribution in [0.3, 0.4) is 0 Å². The van der Waals surface area contributed by atoms with Crippen molar-refractivity contribution in [2.75, 3.05) is 13.7 Å². The standard InChI is InChI=1S/C19H20O5/c1-13-6-8-14(9-7-13)10-11-16(21)19-15(20)4-3-5-17(19)24-12-18(22)23-2/h3-8,10-11,14,20H,9,12H2,1-2H3. The number of ether oxygens (including phenoxy) is 2. The van der Waals surface area contributed by atoms with Gasteiger partial charge in [0.25, 0.3) is 0 Å². The van der Waals surface area contributed by atoms with Gasteiger partial charge in [-0.1, -0.05) is 35.9 Å². The molecule has 1 aliphatic carbocycles. The monoisotopic (exact) mass is 328 g/mol. The molecule has 1 N–H and O–H groups in total. The van der Waals surface area contributed by atoms with Crippen molar-refractivity contribution in [3.63, 3.8) is 0 Å². The summed E-state index contributed by atoms with van der Waals surface area (Å²) in [6.07, 6.45) is 10.2. The van der Waals surface area contributed by atoms with Gasteiger partial charge < -0.3 is 14.6 Å². The summed E-state index contributed by atoms with van der Waals surface area (Å²) in [6.45, 7) is 1.69. The summed E-state index contributed by atoms with van der Waals surface area (Å²) in [7, 11) is 1.25. The zero-order valence-electron chi connectivity index (χ0n) is 13.7. The number of allylic oxidation sites excluding steroid dienone is 6. The molecule has 5 nitrogen and oxygen atoms in total. The Morgan fingerprint density at radius 1 is 1.38 bits per heavy atom. The van der Waals surface area contributed by atoms with Gasteiger partial charge in [-0.15, -0.1) is 0 Å². The largest absolute Gasteiger partial charge is 0.507 e. The molecule has 0 fully saturated rings. The van der Waals surface area contributed by atoms with Gasteiger partial charge in [-0.3, -0.25) is 4.79 Å². The average Bonchev–Trinajstić information content (AvgIpc) is 2.58. The number of carbonyl (C=O) groups is 2. The highest BCUT2D eigenvalue weighted by Crippen LogP contribution is 2.29. The van der Waals surface area contributed by atoms with Crippen LogP contribution >= 0.6 is 0 Å². The molecule has 1 aliphatic rings. The van der Waals surface area contributed by atoms with Gasteiger partial charge in [-0.25, -0.2) is 4.79 Å². The smallest absolute Gasteiger partial charge is 0.343 e. The van der Waals surface area contributed by atoms with Crippen LogP contribution in [0, 0.1) is 5.92 Å². The molecule has 0 aliphatic heterocycles. The van der Waals surface area contributed by atoms with Crippen molar-refractivity contribution in [3.05, 3.63) is 59.7 Å². The van der Waals surface area contributed by atoms with E-state index in [2.05, 4.69) is 10.8 Å². The summed E-state index contributed by atoms with van der Waals surface area (Å²) in [6, 6.07) is 4.47. The van der Waals surface area contributed by atoms with E-state index in [9.17, 15) is 14.7 Å². The number of hydrogen-bond donors (Lipinski definition) is 1. The second-order valence-electron chi connectivity index (χ2n) is 5.45. The van der Waals surface area contributed by atoms with Crippen LogP contribution in [0.2, 0.25) is 0 Å². The Labute approximate surface area is 140 Å². The molecule has 126 valence electrons. The van der Waals surface area contributed by atoms with E-state index in [0.29, 0.717) is 0 Å². The van der Waals surface area contributed by atoms with E-state index >= 15 is 0 Å². The first-order valence-corrected chi connectivity index (χ1v) is 7.60. The molecule has 1 aromatic carbocycles. The maximum absolute atomic E-state index is 12.4. The quantitative estimate of drug-likeness (QED) is 0.493. The number of carbonyl (C=O) groups excluding carboxylic acids is 2. The SMILES string of the molecule is COC(=O)COc1cccc(O)c1C(=O)C=CC1C=CC(C)=CC1. The maximum atomic E-state index is 12.4. The van der Waals surface area contributed by atoms with Crippen LogP contribution in [-0.2, 0) is 9.53 Å². The third kappa shape index (κ3) is 4.59. The number of phenolic OH excluding ortho intramolecular Hbond substituents is 1. The maximum Gasteiger partial charge on any atom is 0.343 e. The molecule has 24 heavy (non-hydrogen) atoms.